The van der Waals surface area contributed by atoms with Gasteiger partial charge >= 0.3 is 0 Å². The summed E-state index contributed by atoms with van der Waals surface area (Å²) < 4.78 is 11.2. The third-order valence-corrected chi connectivity index (χ3v) is 12.4. The number of imidazole rings is 2. The van der Waals surface area contributed by atoms with Crippen molar-refractivity contribution in [2.75, 3.05) is 0 Å². The molecule has 292 valence electrons. The molecule has 0 atom stereocenters. The summed E-state index contributed by atoms with van der Waals surface area (Å²) in [5.74, 6) is 3.13. The van der Waals surface area contributed by atoms with Gasteiger partial charge in [0.25, 0.3) is 0 Å². The average molecular weight is 771 g/mol. The highest BCUT2D eigenvalue weighted by Gasteiger charge is 2.22. The van der Waals surface area contributed by atoms with Gasteiger partial charge < -0.3 is 4.74 Å². The van der Waals surface area contributed by atoms with Crippen LogP contribution >= 0.6 is 0 Å². The Hall–Kier alpha value is -6.46. The predicted octanol–water partition coefficient (Wildman–Crippen LogP) is 15.2. The molecule has 5 nitrogen and oxygen atoms in total. The van der Waals surface area contributed by atoms with E-state index in [-0.39, 0.29) is 0 Å². The van der Waals surface area contributed by atoms with Crippen LogP contribution in [0.4, 0.5) is 0 Å². The maximum Gasteiger partial charge on any atom is 0.145 e. The van der Waals surface area contributed by atoms with Crippen molar-refractivity contribution in [1.29, 1.82) is 0 Å². The van der Waals surface area contributed by atoms with Crippen LogP contribution in [0.5, 0.6) is 11.5 Å². The Morgan fingerprint density at radius 1 is 0.441 bits per heavy atom. The number of ether oxygens (including phenoxy) is 1. The third-order valence-electron chi connectivity index (χ3n) is 12.4. The average Bonchev–Trinajstić information content (AvgIpc) is 3.94. The zero-order valence-electron chi connectivity index (χ0n) is 35.2. The van der Waals surface area contributed by atoms with Crippen molar-refractivity contribution in [2.45, 2.75) is 79.1 Å². The van der Waals surface area contributed by atoms with Gasteiger partial charge in [-0.05, 0) is 116 Å². The van der Waals surface area contributed by atoms with Gasteiger partial charge in [0.2, 0.25) is 0 Å². The lowest BCUT2D eigenvalue weighted by Crippen LogP contribution is -2.02. The molecule has 59 heavy (non-hydrogen) atoms. The Morgan fingerprint density at radius 2 is 0.932 bits per heavy atom. The van der Waals surface area contributed by atoms with Crippen LogP contribution in [0.15, 0.2) is 134 Å². The molecule has 10 rings (SSSR count). The molecule has 0 aliphatic heterocycles. The van der Waals surface area contributed by atoms with Gasteiger partial charge in [-0.3, -0.25) is 8.80 Å². The van der Waals surface area contributed by atoms with Crippen LogP contribution in [0.1, 0.15) is 101 Å². The second-order valence-corrected chi connectivity index (χ2v) is 17.4. The number of para-hydroxylation sites is 1. The second kappa shape index (κ2) is 14.1. The number of nitrogens with zero attached hydrogens (tertiary/aromatic N) is 4. The molecule has 0 aliphatic carbocycles. The molecule has 0 bridgehead atoms. The first-order chi connectivity index (χ1) is 28.6. The molecule has 0 radical (unpaired) electrons. The highest BCUT2D eigenvalue weighted by atomic mass is 16.5. The molecule has 10 aromatic rings. The molecule has 4 aromatic heterocycles. The number of benzene rings is 6. The first-order valence-electron chi connectivity index (χ1n) is 21.2. The van der Waals surface area contributed by atoms with Crippen molar-refractivity contribution in [2.24, 2.45) is 0 Å². The van der Waals surface area contributed by atoms with Gasteiger partial charge in [-0.25, -0.2) is 9.97 Å². The quantitative estimate of drug-likeness (QED) is 0.145. The van der Waals surface area contributed by atoms with Crippen LogP contribution in [0.3, 0.4) is 0 Å². The first kappa shape index (κ1) is 36.9. The molecule has 0 fully saturated rings. The SMILES string of the molecule is CC(C)c1cccc(C(C)C)c1-c1ccc2c3ccc(Oc4ccc5c(c4)c4nccn4c4c(-c6c(C(C)C)cccc6C(C)C)cccc54)cc3c3nccn3c2c1. The van der Waals surface area contributed by atoms with Crippen LogP contribution in [0.25, 0.3) is 76.9 Å². The zero-order chi connectivity index (χ0) is 40.7. The normalized spacial score (nSPS) is 12.3. The van der Waals surface area contributed by atoms with E-state index in [1.54, 1.807) is 0 Å². The Labute approximate surface area is 345 Å². The third kappa shape index (κ3) is 5.89. The number of aromatic nitrogens is 4. The minimum absolute atomic E-state index is 0.388. The minimum Gasteiger partial charge on any atom is -0.457 e. The number of fused-ring (bicyclic) bond motifs is 12. The van der Waals surface area contributed by atoms with Crippen molar-refractivity contribution < 1.29 is 4.74 Å². The van der Waals surface area contributed by atoms with E-state index in [1.807, 2.05) is 12.4 Å². The lowest BCUT2D eigenvalue weighted by molar-refractivity contribution is 0.484. The van der Waals surface area contributed by atoms with Gasteiger partial charge in [-0.15, -0.1) is 0 Å². The Morgan fingerprint density at radius 3 is 1.51 bits per heavy atom. The number of rotatable bonds is 8. The monoisotopic (exact) mass is 770 g/mol. The molecule has 0 saturated carbocycles. The second-order valence-electron chi connectivity index (χ2n) is 17.4. The van der Waals surface area contributed by atoms with E-state index in [0.29, 0.717) is 23.7 Å². The van der Waals surface area contributed by atoms with E-state index < -0.39 is 0 Å². The van der Waals surface area contributed by atoms with Crippen LogP contribution in [0.2, 0.25) is 0 Å². The largest absolute Gasteiger partial charge is 0.457 e. The van der Waals surface area contributed by atoms with Gasteiger partial charge in [-0.1, -0.05) is 122 Å². The Balaban J connectivity index is 1.08. The summed E-state index contributed by atoms with van der Waals surface area (Å²) in [6, 6.07) is 40.1. The van der Waals surface area contributed by atoms with Gasteiger partial charge in [-0.2, -0.15) is 0 Å². The fourth-order valence-electron chi connectivity index (χ4n) is 9.61. The molecule has 0 N–H and O–H groups in total. The smallest absolute Gasteiger partial charge is 0.145 e. The maximum atomic E-state index is 6.72. The van der Waals surface area contributed by atoms with Crippen LogP contribution in [-0.4, -0.2) is 18.8 Å². The van der Waals surface area contributed by atoms with Crippen LogP contribution < -0.4 is 4.74 Å². The van der Waals surface area contributed by atoms with Crippen molar-refractivity contribution in [3.63, 3.8) is 0 Å². The summed E-state index contributed by atoms with van der Waals surface area (Å²) in [4.78, 5) is 9.83. The van der Waals surface area contributed by atoms with E-state index in [0.717, 1.165) is 49.9 Å². The minimum atomic E-state index is 0.388. The van der Waals surface area contributed by atoms with Crippen LogP contribution in [0, 0.1) is 0 Å². The maximum absolute atomic E-state index is 6.72. The summed E-state index contributed by atoms with van der Waals surface area (Å²) in [5.41, 5.74) is 14.8. The summed E-state index contributed by atoms with van der Waals surface area (Å²) in [6.07, 6.45) is 7.98. The number of hydrogen-bond donors (Lipinski definition) is 0. The van der Waals surface area contributed by atoms with E-state index in [9.17, 15) is 0 Å². The first-order valence-corrected chi connectivity index (χ1v) is 21.2. The Bertz CT molecular complexity index is 3220. The molecule has 6 aromatic carbocycles. The molecule has 0 saturated heterocycles. The Kier molecular flexibility index (Phi) is 8.82. The van der Waals surface area contributed by atoms with Gasteiger partial charge in [0.05, 0.1) is 11.0 Å². The molecule has 0 aliphatic rings. The van der Waals surface area contributed by atoms with Crippen molar-refractivity contribution in [3.8, 4) is 33.8 Å². The fraction of sp³-hybridized carbons (Fsp3) is 0.222. The molecule has 4 heterocycles. The van der Waals surface area contributed by atoms with Gasteiger partial charge in [0, 0.05) is 51.9 Å². The topological polar surface area (TPSA) is 43.8 Å². The summed E-state index contributed by atoms with van der Waals surface area (Å²) in [5, 5.41) is 6.79. The summed E-state index contributed by atoms with van der Waals surface area (Å²) in [7, 11) is 0. The van der Waals surface area contributed by atoms with E-state index in [4.69, 9.17) is 14.7 Å². The zero-order valence-corrected chi connectivity index (χ0v) is 35.2. The van der Waals surface area contributed by atoms with Crippen molar-refractivity contribution >= 4 is 54.6 Å². The highest BCUT2D eigenvalue weighted by Crippen LogP contribution is 2.44. The van der Waals surface area contributed by atoms with Gasteiger partial charge in [0.15, 0.2) is 0 Å². The molecule has 0 unspecified atom stereocenters. The molecular formula is C54H50N4O. The molecular weight excluding hydrogens is 721 g/mol. The molecule has 0 spiro atoms. The van der Waals surface area contributed by atoms with E-state index in [1.165, 1.54) is 60.8 Å². The van der Waals surface area contributed by atoms with Gasteiger partial charge in [0.1, 0.15) is 22.8 Å². The van der Waals surface area contributed by atoms with Crippen molar-refractivity contribution in [3.05, 3.63) is 156 Å². The molecule has 0 amide bonds. The lowest BCUT2D eigenvalue weighted by atomic mass is 9.84. The number of hydrogen-bond acceptors (Lipinski definition) is 3. The summed E-state index contributed by atoms with van der Waals surface area (Å²) in [6.45, 7) is 18.3. The van der Waals surface area contributed by atoms with Crippen molar-refractivity contribution in [1.82, 2.24) is 18.8 Å². The number of pyridine rings is 2. The van der Waals surface area contributed by atoms with E-state index >= 15 is 0 Å². The molecule has 5 heteroatoms. The predicted molar refractivity (Wildman–Crippen MR) is 248 cm³/mol. The lowest BCUT2D eigenvalue weighted by Gasteiger charge is -2.22. The highest BCUT2D eigenvalue weighted by molar-refractivity contribution is 6.16. The standard InChI is InChI=1S/C54H50N4O/c1-31(2)38-12-9-13-39(32(3)4)50(38)35-18-21-44-42-22-19-36(29-47(42)53-55-24-26-57(53)49(44)28-35)59-37-20-23-43-45-16-11-17-46(52(45)58-27-25-56-54(58)48(43)30-37)51-40(33(5)6)14-10-15-41(51)34(7)8/h9-34H,1-8H3. The fourth-order valence-corrected chi connectivity index (χ4v) is 9.61. The summed E-state index contributed by atoms with van der Waals surface area (Å²) >= 11 is 0. The van der Waals surface area contributed by atoms with Crippen LogP contribution in [-0.2, 0) is 0 Å². The van der Waals surface area contributed by atoms with E-state index in [2.05, 4.69) is 186 Å².